The van der Waals surface area contributed by atoms with Crippen molar-refractivity contribution in [2.24, 2.45) is 0 Å². The number of hydrogen-bond acceptors (Lipinski definition) is 6. The van der Waals surface area contributed by atoms with Crippen molar-refractivity contribution in [3.63, 3.8) is 0 Å². The molecule has 0 saturated carbocycles. The van der Waals surface area contributed by atoms with Crippen molar-refractivity contribution in [1.82, 2.24) is 25.0 Å². The lowest BCUT2D eigenvalue weighted by molar-refractivity contribution is -0.113. The van der Waals surface area contributed by atoms with Crippen LogP contribution in [0.3, 0.4) is 0 Å². The molecule has 4 aromatic rings. The molecule has 7 nitrogen and oxygen atoms in total. The Labute approximate surface area is 157 Å². The first kappa shape index (κ1) is 17.1. The number of thioether (sulfide) groups is 1. The number of fused-ring (bicyclic) bond motifs is 1. The Kier molecular flexibility index (Phi) is 4.75. The Bertz CT molecular complexity index is 1100. The monoisotopic (exact) mass is 380 g/mol. The van der Waals surface area contributed by atoms with E-state index in [1.807, 2.05) is 30.3 Å². The molecule has 2 aromatic heterocycles. The molecule has 0 aliphatic heterocycles. The van der Waals surface area contributed by atoms with Crippen molar-refractivity contribution in [1.29, 1.82) is 0 Å². The number of hydrogen-bond donors (Lipinski definition) is 1. The highest BCUT2D eigenvalue weighted by Gasteiger charge is 2.15. The first-order valence-corrected chi connectivity index (χ1v) is 9.00. The summed E-state index contributed by atoms with van der Waals surface area (Å²) in [5, 5.41) is 11.4. The number of nitrogens with one attached hydrogen (secondary N) is 1. The molecule has 0 unspecified atom stereocenters. The largest absolute Gasteiger partial charge is 0.323 e. The summed E-state index contributed by atoms with van der Waals surface area (Å²) in [4.78, 5) is 20.6. The van der Waals surface area contributed by atoms with Crippen LogP contribution in [0.25, 0.3) is 16.9 Å². The van der Waals surface area contributed by atoms with E-state index in [4.69, 9.17) is 0 Å². The third-order valence-electron chi connectivity index (χ3n) is 3.69. The zero-order valence-electron chi connectivity index (χ0n) is 13.9. The molecule has 2 heterocycles. The molecule has 0 atom stereocenters. The summed E-state index contributed by atoms with van der Waals surface area (Å²) in [5.74, 6) is -0.767. The Morgan fingerprint density at radius 1 is 1.07 bits per heavy atom. The number of benzene rings is 2. The van der Waals surface area contributed by atoms with E-state index in [1.165, 1.54) is 30.2 Å². The van der Waals surface area contributed by atoms with Gasteiger partial charge in [-0.2, -0.15) is 4.68 Å². The average molecular weight is 380 g/mol. The van der Waals surface area contributed by atoms with E-state index in [-0.39, 0.29) is 17.3 Å². The van der Waals surface area contributed by atoms with Crippen molar-refractivity contribution in [2.75, 3.05) is 11.1 Å². The van der Waals surface area contributed by atoms with E-state index >= 15 is 0 Å². The summed E-state index contributed by atoms with van der Waals surface area (Å²) in [6.45, 7) is 0. The summed E-state index contributed by atoms with van der Waals surface area (Å²) in [5.41, 5.74) is 2.02. The van der Waals surface area contributed by atoms with Crippen molar-refractivity contribution < 1.29 is 9.18 Å². The predicted octanol–water partition coefficient (Wildman–Crippen LogP) is 3.08. The lowest BCUT2D eigenvalue weighted by Gasteiger charge is -2.06. The summed E-state index contributed by atoms with van der Waals surface area (Å²) in [6.07, 6.45) is 1.40. The lowest BCUT2D eigenvalue weighted by Crippen LogP contribution is -2.15. The summed E-state index contributed by atoms with van der Waals surface area (Å²) in [6, 6.07) is 15.5. The summed E-state index contributed by atoms with van der Waals surface area (Å²) >= 11 is 1.19. The van der Waals surface area contributed by atoms with Crippen LogP contribution in [-0.4, -0.2) is 36.6 Å². The highest BCUT2D eigenvalue weighted by atomic mass is 32.2. The maximum atomic E-state index is 13.6. The van der Waals surface area contributed by atoms with E-state index in [0.717, 1.165) is 5.69 Å². The molecule has 9 heteroatoms. The maximum absolute atomic E-state index is 13.6. The van der Waals surface area contributed by atoms with Gasteiger partial charge in [0.25, 0.3) is 0 Å². The summed E-state index contributed by atoms with van der Waals surface area (Å²) < 4.78 is 15.2. The van der Waals surface area contributed by atoms with Crippen LogP contribution in [-0.2, 0) is 4.79 Å². The van der Waals surface area contributed by atoms with Crippen LogP contribution in [0.15, 0.2) is 66.0 Å². The minimum atomic E-state index is -0.480. The van der Waals surface area contributed by atoms with Gasteiger partial charge in [0.2, 0.25) is 5.91 Å². The molecular formula is C18H13FN6OS. The Balaban J connectivity index is 1.52. The molecule has 0 fully saturated rings. The molecule has 0 saturated heterocycles. The molecule has 27 heavy (non-hydrogen) atoms. The number of rotatable bonds is 5. The van der Waals surface area contributed by atoms with Gasteiger partial charge >= 0.3 is 0 Å². The fourth-order valence-electron chi connectivity index (χ4n) is 2.46. The molecule has 1 amide bonds. The van der Waals surface area contributed by atoms with Crippen molar-refractivity contribution >= 4 is 34.5 Å². The maximum Gasteiger partial charge on any atom is 0.234 e. The third kappa shape index (κ3) is 3.63. The topological polar surface area (TPSA) is 85.6 Å². The number of amides is 1. The number of aromatic nitrogens is 5. The van der Waals surface area contributed by atoms with Crippen LogP contribution in [0.2, 0.25) is 0 Å². The van der Waals surface area contributed by atoms with Crippen LogP contribution in [0.4, 0.5) is 10.1 Å². The lowest BCUT2D eigenvalue weighted by atomic mass is 10.3. The minimum Gasteiger partial charge on any atom is -0.323 e. The van der Waals surface area contributed by atoms with Gasteiger partial charge in [-0.15, -0.1) is 5.10 Å². The number of halogens is 1. The Hall–Kier alpha value is -3.33. The molecule has 4 rings (SSSR count). The van der Waals surface area contributed by atoms with Crippen LogP contribution >= 0.6 is 11.8 Å². The van der Waals surface area contributed by atoms with Gasteiger partial charge in [-0.1, -0.05) is 47.3 Å². The molecule has 0 aliphatic rings. The molecule has 1 N–H and O–H groups in total. The van der Waals surface area contributed by atoms with Crippen molar-refractivity contribution in [3.05, 3.63) is 66.7 Å². The zero-order valence-corrected chi connectivity index (χ0v) is 14.7. The first-order chi connectivity index (χ1) is 13.2. The number of anilines is 1. The number of carbonyl (C=O) groups is 1. The second kappa shape index (κ2) is 7.50. The number of carbonyl (C=O) groups excluding carboxylic acids is 1. The normalized spacial score (nSPS) is 10.9. The average Bonchev–Trinajstić information content (AvgIpc) is 3.13. The molecule has 0 bridgehead atoms. The second-order valence-corrected chi connectivity index (χ2v) is 6.47. The van der Waals surface area contributed by atoms with Crippen molar-refractivity contribution in [2.45, 2.75) is 5.03 Å². The van der Waals surface area contributed by atoms with Gasteiger partial charge in [-0.05, 0) is 24.3 Å². The number of para-hydroxylation sites is 2. The van der Waals surface area contributed by atoms with Crippen LogP contribution in [0, 0.1) is 5.82 Å². The Morgan fingerprint density at radius 3 is 2.67 bits per heavy atom. The molecular weight excluding hydrogens is 367 g/mol. The van der Waals surface area contributed by atoms with E-state index in [0.29, 0.717) is 16.2 Å². The van der Waals surface area contributed by atoms with Gasteiger partial charge < -0.3 is 5.32 Å². The van der Waals surface area contributed by atoms with Crippen LogP contribution in [0.5, 0.6) is 0 Å². The van der Waals surface area contributed by atoms with E-state index in [1.54, 1.807) is 16.8 Å². The van der Waals surface area contributed by atoms with E-state index < -0.39 is 5.82 Å². The van der Waals surface area contributed by atoms with Gasteiger partial charge in [0.15, 0.2) is 11.2 Å². The highest BCUT2D eigenvalue weighted by Crippen LogP contribution is 2.24. The van der Waals surface area contributed by atoms with E-state index in [9.17, 15) is 9.18 Å². The predicted molar refractivity (Wildman–Crippen MR) is 100 cm³/mol. The number of nitrogens with zero attached hydrogens (tertiary/aromatic N) is 5. The van der Waals surface area contributed by atoms with Crippen LogP contribution < -0.4 is 5.32 Å². The van der Waals surface area contributed by atoms with Crippen LogP contribution in [0.1, 0.15) is 0 Å². The molecule has 0 spiro atoms. The summed E-state index contributed by atoms with van der Waals surface area (Å²) in [7, 11) is 0. The highest BCUT2D eigenvalue weighted by molar-refractivity contribution is 8.00. The van der Waals surface area contributed by atoms with E-state index in [2.05, 4.69) is 25.6 Å². The van der Waals surface area contributed by atoms with Gasteiger partial charge in [-0.3, -0.25) is 4.79 Å². The fraction of sp³-hybridized carbons (Fsp3) is 0.0556. The van der Waals surface area contributed by atoms with Gasteiger partial charge in [0, 0.05) is 0 Å². The molecule has 0 aliphatic carbocycles. The fourth-order valence-corrected chi connectivity index (χ4v) is 3.19. The second-order valence-electron chi connectivity index (χ2n) is 5.50. The smallest absolute Gasteiger partial charge is 0.234 e. The quantitative estimate of drug-likeness (QED) is 0.423. The van der Waals surface area contributed by atoms with Crippen molar-refractivity contribution in [3.8, 4) is 5.69 Å². The first-order valence-electron chi connectivity index (χ1n) is 8.01. The Morgan fingerprint density at radius 2 is 1.85 bits per heavy atom. The molecule has 0 radical (unpaired) electrons. The van der Waals surface area contributed by atoms with Gasteiger partial charge in [0.1, 0.15) is 17.2 Å². The minimum absolute atomic E-state index is 0.0542. The zero-order chi connectivity index (χ0) is 18.6. The van der Waals surface area contributed by atoms with Gasteiger partial charge in [-0.25, -0.2) is 14.4 Å². The third-order valence-corrected chi connectivity index (χ3v) is 4.67. The standard InChI is InChI=1S/C18H13FN6OS/c19-13-8-4-5-9-14(13)22-15(26)10-27-18-16-17(20-11-21-18)25(24-23-16)12-6-2-1-3-7-12/h1-9,11H,10H2,(H,22,26). The molecule has 134 valence electrons. The van der Waals surface area contributed by atoms with Gasteiger partial charge in [0.05, 0.1) is 17.1 Å². The SMILES string of the molecule is O=C(CSc1ncnc2c1nnn2-c1ccccc1)Nc1ccccc1F. The molecule has 2 aromatic carbocycles.